The summed E-state index contributed by atoms with van der Waals surface area (Å²) in [4.78, 5) is 23.1. The van der Waals surface area contributed by atoms with Gasteiger partial charge in [-0.2, -0.15) is 0 Å². The van der Waals surface area contributed by atoms with Crippen LogP contribution in [0.15, 0.2) is 30.3 Å². The summed E-state index contributed by atoms with van der Waals surface area (Å²) in [6.07, 6.45) is 2.99. The van der Waals surface area contributed by atoms with E-state index in [2.05, 4.69) is 0 Å². The van der Waals surface area contributed by atoms with Gasteiger partial charge in [0.1, 0.15) is 11.5 Å². The number of Topliss-reactive ketones (excluding diaryl/α,β-unsaturated/α-hetero) is 1. The molecule has 94 valence electrons. The lowest BCUT2D eigenvalue weighted by Gasteiger charge is -2.18. The highest BCUT2D eigenvalue weighted by molar-refractivity contribution is 6.10. The quantitative estimate of drug-likeness (QED) is 0.768. The van der Waals surface area contributed by atoms with Crippen molar-refractivity contribution in [2.24, 2.45) is 5.92 Å². The fourth-order valence-corrected chi connectivity index (χ4v) is 2.22. The van der Waals surface area contributed by atoms with Crippen LogP contribution in [0.4, 0.5) is 0 Å². The van der Waals surface area contributed by atoms with Crippen LogP contribution < -0.4 is 4.74 Å². The average Bonchev–Trinajstić information content (AvgIpc) is 2.38. The standard InChI is InChI=1S/C15H16O3/c1-10(16)14-8-5-12(9-15(14)17)11-3-6-13(18-2)7-4-11/h3-4,6-7,9,14H,5,8H2,1-2H3. The summed E-state index contributed by atoms with van der Waals surface area (Å²) in [6, 6.07) is 7.62. The van der Waals surface area contributed by atoms with Crippen molar-refractivity contribution < 1.29 is 14.3 Å². The van der Waals surface area contributed by atoms with Crippen molar-refractivity contribution in [1.29, 1.82) is 0 Å². The highest BCUT2D eigenvalue weighted by atomic mass is 16.5. The number of hydrogen-bond acceptors (Lipinski definition) is 3. The van der Waals surface area contributed by atoms with E-state index < -0.39 is 5.92 Å². The maximum atomic E-state index is 11.8. The van der Waals surface area contributed by atoms with Crippen molar-refractivity contribution in [3.05, 3.63) is 35.9 Å². The number of benzene rings is 1. The third-order valence-corrected chi connectivity index (χ3v) is 3.31. The van der Waals surface area contributed by atoms with Gasteiger partial charge in [-0.05, 0) is 49.1 Å². The molecule has 0 aromatic heterocycles. The van der Waals surface area contributed by atoms with Crippen LogP contribution in [0.1, 0.15) is 25.3 Å². The van der Waals surface area contributed by atoms with Crippen LogP contribution in [0.3, 0.4) is 0 Å². The van der Waals surface area contributed by atoms with E-state index in [1.54, 1.807) is 13.2 Å². The Morgan fingerprint density at radius 3 is 2.44 bits per heavy atom. The molecule has 18 heavy (non-hydrogen) atoms. The van der Waals surface area contributed by atoms with Gasteiger partial charge in [0.05, 0.1) is 13.0 Å². The molecule has 0 spiro atoms. The second-order valence-electron chi connectivity index (χ2n) is 4.50. The molecule has 0 saturated carbocycles. The molecule has 0 N–H and O–H groups in total. The molecule has 0 bridgehead atoms. The Kier molecular flexibility index (Phi) is 3.60. The summed E-state index contributed by atoms with van der Waals surface area (Å²) in [7, 11) is 1.62. The minimum Gasteiger partial charge on any atom is -0.497 e. The summed E-state index contributed by atoms with van der Waals surface area (Å²) in [5.74, 6) is 0.250. The maximum Gasteiger partial charge on any atom is 0.166 e. The number of carbonyl (C=O) groups excluding carboxylic acids is 2. The van der Waals surface area contributed by atoms with Crippen molar-refractivity contribution in [3.8, 4) is 5.75 Å². The van der Waals surface area contributed by atoms with E-state index in [9.17, 15) is 9.59 Å². The van der Waals surface area contributed by atoms with Gasteiger partial charge < -0.3 is 4.74 Å². The molecule has 1 unspecified atom stereocenters. The number of allylic oxidation sites excluding steroid dienone is 2. The lowest BCUT2D eigenvalue weighted by Crippen LogP contribution is -2.23. The smallest absolute Gasteiger partial charge is 0.166 e. The Labute approximate surface area is 106 Å². The van der Waals surface area contributed by atoms with Gasteiger partial charge in [-0.25, -0.2) is 0 Å². The van der Waals surface area contributed by atoms with Crippen LogP contribution in [0.5, 0.6) is 5.75 Å². The number of ketones is 2. The molecule has 0 radical (unpaired) electrons. The molecule has 1 aliphatic carbocycles. The Hall–Kier alpha value is -1.90. The van der Waals surface area contributed by atoms with Gasteiger partial charge in [0, 0.05) is 0 Å². The van der Waals surface area contributed by atoms with Crippen LogP contribution in [0, 0.1) is 5.92 Å². The van der Waals surface area contributed by atoms with Crippen LogP contribution in [0.25, 0.3) is 5.57 Å². The zero-order valence-corrected chi connectivity index (χ0v) is 10.6. The molecule has 0 aliphatic heterocycles. The van der Waals surface area contributed by atoms with Crippen LogP contribution in [-0.2, 0) is 9.59 Å². The fraction of sp³-hybridized carbons (Fsp3) is 0.333. The van der Waals surface area contributed by atoms with Crippen molar-refractivity contribution in [3.63, 3.8) is 0 Å². The van der Waals surface area contributed by atoms with Crippen molar-refractivity contribution >= 4 is 17.1 Å². The van der Waals surface area contributed by atoms with E-state index in [1.165, 1.54) is 6.92 Å². The SMILES string of the molecule is COc1ccc(C2=CC(=O)C(C(C)=O)CC2)cc1. The predicted octanol–water partition coefficient (Wildman–Crippen LogP) is 2.65. The molecular formula is C15H16O3. The second kappa shape index (κ2) is 5.17. The lowest BCUT2D eigenvalue weighted by molar-refractivity contribution is -0.129. The van der Waals surface area contributed by atoms with Gasteiger partial charge in [-0.1, -0.05) is 12.1 Å². The van der Waals surface area contributed by atoms with E-state index >= 15 is 0 Å². The monoisotopic (exact) mass is 244 g/mol. The molecular weight excluding hydrogens is 228 g/mol. The van der Waals surface area contributed by atoms with E-state index in [4.69, 9.17) is 4.74 Å². The molecule has 0 heterocycles. The number of methoxy groups -OCH3 is 1. The molecule has 1 atom stereocenters. The average molecular weight is 244 g/mol. The van der Waals surface area contributed by atoms with Gasteiger partial charge in [-0.3, -0.25) is 9.59 Å². The molecule has 3 nitrogen and oxygen atoms in total. The molecule has 1 aromatic rings. The fourth-order valence-electron chi connectivity index (χ4n) is 2.22. The normalized spacial score (nSPS) is 19.3. The van der Waals surface area contributed by atoms with Gasteiger partial charge in [0.15, 0.2) is 5.78 Å². The third kappa shape index (κ3) is 2.50. The Balaban J connectivity index is 2.22. The first kappa shape index (κ1) is 12.6. The molecule has 0 fully saturated rings. The maximum absolute atomic E-state index is 11.8. The van der Waals surface area contributed by atoms with Crippen LogP contribution in [0.2, 0.25) is 0 Å². The minimum atomic E-state index is -0.438. The van der Waals surface area contributed by atoms with Crippen LogP contribution >= 0.6 is 0 Å². The number of carbonyl (C=O) groups is 2. The topological polar surface area (TPSA) is 43.4 Å². The highest BCUT2D eigenvalue weighted by Gasteiger charge is 2.26. The number of rotatable bonds is 3. The van der Waals surface area contributed by atoms with E-state index in [1.807, 2.05) is 24.3 Å². The van der Waals surface area contributed by atoms with Gasteiger partial charge in [-0.15, -0.1) is 0 Å². The van der Waals surface area contributed by atoms with E-state index in [-0.39, 0.29) is 11.6 Å². The molecule has 1 aliphatic rings. The summed E-state index contributed by atoms with van der Waals surface area (Å²) < 4.78 is 5.10. The zero-order chi connectivity index (χ0) is 13.1. The molecule has 2 rings (SSSR count). The predicted molar refractivity (Wildman–Crippen MR) is 69.4 cm³/mol. The Morgan fingerprint density at radius 2 is 1.94 bits per heavy atom. The Bertz CT molecular complexity index is 497. The highest BCUT2D eigenvalue weighted by Crippen LogP contribution is 2.29. The minimum absolute atomic E-state index is 0.0370. The number of hydrogen-bond donors (Lipinski definition) is 0. The first-order chi connectivity index (χ1) is 8.61. The van der Waals surface area contributed by atoms with E-state index in [0.29, 0.717) is 6.42 Å². The summed E-state index contributed by atoms with van der Waals surface area (Å²) in [6.45, 7) is 1.48. The Morgan fingerprint density at radius 1 is 1.28 bits per heavy atom. The molecule has 1 aromatic carbocycles. The largest absolute Gasteiger partial charge is 0.497 e. The molecule has 3 heteroatoms. The van der Waals surface area contributed by atoms with Gasteiger partial charge in [0.2, 0.25) is 0 Å². The van der Waals surface area contributed by atoms with Crippen molar-refractivity contribution in [2.45, 2.75) is 19.8 Å². The second-order valence-corrected chi connectivity index (χ2v) is 4.50. The molecule has 0 saturated heterocycles. The number of ether oxygens (including phenoxy) is 1. The van der Waals surface area contributed by atoms with Crippen LogP contribution in [-0.4, -0.2) is 18.7 Å². The van der Waals surface area contributed by atoms with Crippen molar-refractivity contribution in [2.75, 3.05) is 7.11 Å². The molecule has 0 amide bonds. The first-order valence-corrected chi connectivity index (χ1v) is 6.01. The summed E-state index contributed by atoms with van der Waals surface area (Å²) in [5, 5.41) is 0. The first-order valence-electron chi connectivity index (χ1n) is 6.01. The van der Waals surface area contributed by atoms with Gasteiger partial charge >= 0.3 is 0 Å². The summed E-state index contributed by atoms with van der Waals surface area (Å²) >= 11 is 0. The van der Waals surface area contributed by atoms with E-state index in [0.717, 1.165) is 23.3 Å². The zero-order valence-electron chi connectivity index (χ0n) is 10.6. The van der Waals surface area contributed by atoms with Gasteiger partial charge in [0.25, 0.3) is 0 Å². The summed E-state index contributed by atoms with van der Waals surface area (Å²) in [5.41, 5.74) is 2.02. The van der Waals surface area contributed by atoms with Crippen molar-refractivity contribution in [1.82, 2.24) is 0 Å². The lowest BCUT2D eigenvalue weighted by atomic mass is 9.84. The third-order valence-electron chi connectivity index (χ3n) is 3.31.